The van der Waals surface area contributed by atoms with Crippen LogP contribution in [0.5, 0.6) is 11.5 Å². The first-order chi connectivity index (χ1) is 10.2. The van der Waals surface area contributed by atoms with Crippen molar-refractivity contribution in [3.8, 4) is 17.2 Å². The zero-order chi connectivity index (χ0) is 15.2. The van der Waals surface area contributed by atoms with E-state index in [9.17, 15) is 4.79 Å². The molecule has 0 saturated heterocycles. The second kappa shape index (κ2) is 6.78. The molecule has 0 unspecified atom stereocenters. The van der Waals surface area contributed by atoms with Crippen LogP contribution in [-0.4, -0.2) is 36.1 Å². The Morgan fingerprint density at radius 3 is 2.48 bits per heavy atom. The molecule has 0 bridgehead atoms. The molecule has 112 valence electrons. The van der Waals surface area contributed by atoms with E-state index in [1.54, 1.807) is 17.8 Å². The Labute approximate surface area is 123 Å². The zero-order valence-corrected chi connectivity index (χ0v) is 12.3. The molecule has 0 radical (unpaired) electrons. The third-order valence-electron chi connectivity index (χ3n) is 2.78. The van der Waals surface area contributed by atoms with Crippen LogP contribution in [0.1, 0.15) is 24.3 Å². The van der Waals surface area contributed by atoms with Crippen LogP contribution in [0.4, 0.5) is 0 Å². The molecule has 2 rings (SSSR count). The third kappa shape index (κ3) is 3.34. The Morgan fingerprint density at radius 1 is 1.19 bits per heavy atom. The van der Waals surface area contributed by atoms with Gasteiger partial charge in [-0.25, -0.2) is 9.48 Å². The van der Waals surface area contributed by atoms with Crippen molar-refractivity contribution in [3.63, 3.8) is 0 Å². The first-order valence-corrected chi connectivity index (χ1v) is 6.73. The van der Waals surface area contributed by atoms with Crippen molar-refractivity contribution in [2.24, 2.45) is 0 Å². The zero-order valence-electron chi connectivity index (χ0n) is 12.3. The number of carbonyl (C=O) groups is 1. The lowest BCUT2D eigenvalue weighted by Gasteiger charge is -2.04. The number of esters is 1. The minimum absolute atomic E-state index is 0.160. The second-order valence-corrected chi connectivity index (χ2v) is 4.14. The van der Waals surface area contributed by atoms with Crippen molar-refractivity contribution in [2.45, 2.75) is 13.8 Å². The largest absolute Gasteiger partial charge is 0.494 e. The van der Waals surface area contributed by atoms with Crippen LogP contribution >= 0.6 is 0 Å². The van der Waals surface area contributed by atoms with Crippen LogP contribution in [0.25, 0.3) is 5.69 Å². The molecule has 0 aliphatic heterocycles. The van der Waals surface area contributed by atoms with Gasteiger partial charge in [0, 0.05) is 0 Å². The fourth-order valence-electron chi connectivity index (χ4n) is 1.84. The summed E-state index contributed by atoms with van der Waals surface area (Å²) in [7, 11) is 1.49. The molecule has 0 amide bonds. The van der Waals surface area contributed by atoms with Crippen LogP contribution in [0.15, 0.2) is 30.5 Å². The van der Waals surface area contributed by atoms with E-state index in [1.165, 1.54) is 7.11 Å². The van der Waals surface area contributed by atoms with E-state index in [0.717, 1.165) is 11.4 Å². The molecule has 0 aliphatic rings. The highest BCUT2D eigenvalue weighted by Gasteiger charge is 2.19. The standard InChI is InChI=1S/C15H18N2O4/c1-4-20-12-8-6-11(7-9-12)17-10-13(19-3)14(16-17)15(18)21-5-2/h6-10H,4-5H2,1-3H3. The van der Waals surface area contributed by atoms with Crippen molar-refractivity contribution in [1.82, 2.24) is 9.78 Å². The van der Waals surface area contributed by atoms with E-state index in [4.69, 9.17) is 14.2 Å². The molecule has 0 atom stereocenters. The van der Waals surface area contributed by atoms with Crippen LogP contribution < -0.4 is 9.47 Å². The highest BCUT2D eigenvalue weighted by atomic mass is 16.5. The highest BCUT2D eigenvalue weighted by molar-refractivity contribution is 5.90. The Bertz CT molecular complexity index is 605. The van der Waals surface area contributed by atoms with E-state index in [0.29, 0.717) is 12.4 Å². The number of carbonyl (C=O) groups excluding carboxylic acids is 1. The first kappa shape index (κ1) is 14.9. The molecule has 0 spiro atoms. The summed E-state index contributed by atoms with van der Waals surface area (Å²) < 4.78 is 17.1. The molecule has 2 aromatic rings. The van der Waals surface area contributed by atoms with Crippen molar-refractivity contribution < 1.29 is 19.0 Å². The number of nitrogens with zero attached hydrogens (tertiary/aromatic N) is 2. The van der Waals surface area contributed by atoms with Gasteiger partial charge in [-0.15, -0.1) is 0 Å². The summed E-state index contributed by atoms with van der Waals surface area (Å²) >= 11 is 0. The fraction of sp³-hybridized carbons (Fsp3) is 0.333. The van der Waals surface area contributed by atoms with Crippen LogP contribution in [0.2, 0.25) is 0 Å². The molecule has 6 heteroatoms. The molecule has 1 aromatic heterocycles. The fourth-order valence-corrected chi connectivity index (χ4v) is 1.84. The molecular formula is C15H18N2O4. The van der Waals surface area contributed by atoms with E-state index in [1.807, 2.05) is 31.2 Å². The van der Waals surface area contributed by atoms with E-state index in [-0.39, 0.29) is 12.3 Å². The Morgan fingerprint density at radius 2 is 1.90 bits per heavy atom. The van der Waals surface area contributed by atoms with Crippen molar-refractivity contribution >= 4 is 5.97 Å². The number of hydrogen-bond donors (Lipinski definition) is 0. The summed E-state index contributed by atoms with van der Waals surface area (Å²) in [6.07, 6.45) is 1.64. The van der Waals surface area contributed by atoms with Gasteiger partial charge >= 0.3 is 5.97 Å². The average Bonchev–Trinajstić information content (AvgIpc) is 2.93. The van der Waals surface area contributed by atoms with Gasteiger partial charge in [-0.3, -0.25) is 0 Å². The minimum Gasteiger partial charge on any atom is -0.494 e. The van der Waals surface area contributed by atoms with E-state index >= 15 is 0 Å². The van der Waals surface area contributed by atoms with Gasteiger partial charge in [0.25, 0.3) is 0 Å². The average molecular weight is 290 g/mol. The molecule has 0 N–H and O–H groups in total. The van der Waals surface area contributed by atoms with Crippen molar-refractivity contribution in [2.75, 3.05) is 20.3 Å². The summed E-state index contributed by atoms with van der Waals surface area (Å²) in [5.74, 6) is 0.660. The summed E-state index contributed by atoms with van der Waals surface area (Å²) in [4.78, 5) is 11.8. The minimum atomic E-state index is -0.501. The molecule has 0 fully saturated rings. The maximum Gasteiger partial charge on any atom is 0.362 e. The van der Waals surface area contributed by atoms with Crippen molar-refractivity contribution in [3.05, 3.63) is 36.2 Å². The van der Waals surface area contributed by atoms with Gasteiger partial charge < -0.3 is 14.2 Å². The van der Waals surface area contributed by atoms with Gasteiger partial charge in [-0.05, 0) is 38.1 Å². The molecule has 1 heterocycles. The predicted molar refractivity (Wildman–Crippen MR) is 77.2 cm³/mol. The SMILES string of the molecule is CCOC(=O)c1nn(-c2ccc(OCC)cc2)cc1OC. The first-order valence-electron chi connectivity index (χ1n) is 6.73. The number of benzene rings is 1. The van der Waals surface area contributed by atoms with Gasteiger partial charge in [0.1, 0.15) is 5.75 Å². The maximum atomic E-state index is 11.8. The van der Waals surface area contributed by atoms with Crippen LogP contribution in [-0.2, 0) is 4.74 Å². The van der Waals surface area contributed by atoms with Gasteiger partial charge in [0.2, 0.25) is 5.69 Å². The van der Waals surface area contributed by atoms with Crippen LogP contribution in [0, 0.1) is 0 Å². The number of aromatic nitrogens is 2. The third-order valence-corrected chi connectivity index (χ3v) is 2.78. The summed E-state index contributed by atoms with van der Waals surface area (Å²) in [6, 6.07) is 7.40. The highest BCUT2D eigenvalue weighted by Crippen LogP contribution is 2.21. The van der Waals surface area contributed by atoms with Crippen LogP contribution in [0.3, 0.4) is 0 Å². The molecule has 0 aliphatic carbocycles. The Kier molecular flexibility index (Phi) is 4.81. The monoisotopic (exact) mass is 290 g/mol. The van der Waals surface area contributed by atoms with Gasteiger partial charge in [0.05, 0.1) is 32.2 Å². The smallest absolute Gasteiger partial charge is 0.362 e. The summed E-state index contributed by atoms with van der Waals surface area (Å²) in [6.45, 7) is 4.57. The number of rotatable bonds is 6. The molecule has 21 heavy (non-hydrogen) atoms. The van der Waals surface area contributed by atoms with E-state index in [2.05, 4.69) is 5.10 Å². The summed E-state index contributed by atoms with van der Waals surface area (Å²) in [5.41, 5.74) is 0.959. The molecular weight excluding hydrogens is 272 g/mol. The lowest BCUT2D eigenvalue weighted by molar-refractivity contribution is 0.0515. The Hall–Kier alpha value is -2.50. The number of methoxy groups -OCH3 is 1. The van der Waals surface area contributed by atoms with E-state index < -0.39 is 5.97 Å². The number of ether oxygens (including phenoxy) is 3. The molecule has 0 saturated carbocycles. The predicted octanol–water partition coefficient (Wildman–Crippen LogP) is 2.46. The second-order valence-electron chi connectivity index (χ2n) is 4.14. The maximum absolute atomic E-state index is 11.8. The summed E-state index contributed by atoms with van der Waals surface area (Å²) in [5, 5.41) is 4.22. The van der Waals surface area contributed by atoms with Gasteiger partial charge in [-0.1, -0.05) is 0 Å². The lowest BCUT2D eigenvalue weighted by Crippen LogP contribution is -2.07. The topological polar surface area (TPSA) is 62.6 Å². The van der Waals surface area contributed by atoms with Gasteiger partial charge in [0.15, 0.2) is 5.75 Å². The number of hydrogen-bond acceptors (Lipinski definition) is 5. The van der Waals surface area contributed by atoms with Crippen molar-refractivity contribution in [1.29, 1.82) is 0 Å². The molecule has 6 nitrogen and oxygen atoms in total. The lowest BCUT2D eigenvalue weighted by atomic mass is 10.3. The van der Waals surface area contributed by atoms with Gasteiger partial charge in [-0.2, -0.15) is 5.10 Å². The normalized spacial score (nSPS) is 10.2. The Balaban J connectivity index is 2.29. The quantitative estimate of drug-likeness (QED) is 0.765. The molecule has 1 aromatic carbocycles.